The van der Waals surface area contributed by atoms with Gasteiger partial charge in [-0.2, -0.15) is 0 Å². The number of nitrogens with zero attached hydrogens (tertiary/aromatic N) is 1. The fraction of sp³-hybridized carbons (Fsp3) is 0.412. The Morgan fingerprint density at radius 1 is 1.16 bits per heavy atom. The third-order valence-electron chi connectivity index (χ3n) is 4.44. The Kier molecular flexibility index (Phi) is 4.61. The largest absolute Gasteiger partial charge is 0.394 e. The van der Waals surface area contributed by atoms with Crippen LogP contribution in [0, 0.1) is 13.8 Å². The molecule has 8 nitrogen and oxygen atoms in total. The number of aryl methyl sites for hydroxylation is 2. The maximum Gasteiger partial charge on any atom is 0.330 e. The Bertz CT molecular complexity index is 903. The summed E-state index contributed by atoms with van der Waals surface area (Å²) in [5.74, 6) is 0. The van der Waals surface area contributed by atoms with Crippen molar-refractivity contribution in [3.8, 4) is 11.1 Å². The summed E-state index contributed by atoms with van der Waals surface area (Å²) in [5.41, 5.74) is 1.38. The highest BCUT2D eigenvalue weighted by atomic mass is 16.6. The average molecular weight is 348 g/mol. The highest BCUT2D eigenvalue weighted by molar-refractivity contribution is 5.66. The SMILES string of the molecule is Cc1ccc(C)c(-c2cn([C@@H]3O[C@H](CO)[C@@H](O)[C@H]3O)c(=O)[nH]c2=O)c1. The van der Waals surface area contributed by atoms with Gasteiger partial charge in [0.1, 0.15) is 18.3 Å². The van der Waals surface area contributed by atoms with Crippen LogP contribution in [0.3, 0.4) is 0 Å². The Labute approximate surface area is 143 Å². The number of H-pyrrole nitrogens is 1. The van der Waals surface area contributed by atoms with Crippen LogP contribution >= 0.6 is 0 Å². The van der Waals surface area contributed by atoms with E-state index in [2.05, 4.69) is 4.98 Å². The zero-order valence-electron chi connectivity index (χ0n) is 13.8. The van der Waals surface area contributed by atoms with Crippen molar-refractivity contribution < 1.29 is 20.1 Å². The third kappa shape index (κ3) is 3.05. The van der Waals surface area contributed by atoms with Gasteiger partial charge in [0.25, 0.3) is 5.56 Å². The number of hydrogen-bond acceptors (Lipinski definition) is 6. The summed E-state index contributed by atoms with van der Waals surface area (Å²) in [6.07, 6.45) is -3.66. The van der Waals surface area contributed by atoms with Crippen molar-refractivity contribution >= 4 is 0 Å². The fourth-order valence-corrected chi connectivity index (χ4v) is 3.00. The molecule has 1 aliphatic heterocycles. The standard InChI is InChI=1S/C17H20N2O6/c1-8-3-4-9(2)10(5-8)11-6-19(17(24)18-15(11)23)16-14(22)13(21)12(7-20)25-16/h3-6,12-14,16,20-22H,7H2,1-2H3,(H,18,23,24)/t12-,13-,14-,16-/m1/s1. The summed E-state index contributed by atoms with van der Waals surface area (Å²) < 4.78 is 6.41. The van der Waals surface area contributed by atoms with Gasteiger partial charge < -0.3 is 20.1 Å². The van der Waals surface area contributed by atoms with Gasteiger partial charge in [0.2, 0.25) is 0 Å². The lowest BCUT2D eigenvalue weighted by molar-refractivity contribution is -0.0549. The Morgan fingerprint density at radius 3 is 2.52 bits per heavy atom. The number of aromatic amines is 1. The summed E-state index contributed by atoms with van der Waals surface area (Å²) in [6, 6.07) is 5.60. The molecule has 134 valence electrons. The smallest absolute Gasteiger partial charge is 0.330 e. The normalized spacial score (nSPS) is 26.1. The summed E-state index contributed by atoms with van der Waals surface area (Å²) in [4.78, 5) is 26.7. The van der Waals surface area contributed by atoms with E-state index in [1.165, 1.54) is 6.20 Å². The van der Waals surface area contributed by atoms with E-state index >= 15 is 0 Å². The molecule has 1 saturated heterocycles. The van der Waals surface area contributed by atoms with Crippen LogP contribution in [0.2, 0.25) is 0 Å². The summed E-state index contributed by atoms with van der Waals surface area (Å²) in [5, 5.41) is 29.2. The molecule has 0 saturated carbocycles. The van der Waals surface area contributed by atoms with Gasteiger partial charge in [0, 0.05) is 6.20 Å². The zero-order valence-corrected chi connectivity index (χ0v) is 13.8. The van der Waals surface area contributed by atoms with Gasteiger partial charge in [-0.25, -0.2) is 4.79 Å². The lowest BCUT2D eigenvalue weighted by atomic mass is 10.0. The quantitative estimate of drug-likeness (QED) is 0.589. The van der Waals surface area contributed by atoms with E-state index in [0.29, 0.717) is 5.56 Å². The van der Waals surface area contributed by atoms with Crippen LogP contribution in [-0.4, -0.2) is 49.8 Å². The predicted octanol–water partition coefficient (Wildman–Crippen LogP) is -0.568. The Morgan fingerprint density at radius 2 is 1.88 bits per heavy atom. The second kappa shape index (κ2) is 6.57. The maximum atomic E-state index is 12.3. The van der Waals surface area contributed by atoms with Gasteiger partial charge in [-0.3, -0.25) is 14.3 Å². The van der Waals surface area contributed by atoms with Gasteiger partial charge in [-0.15, -0.1) is 0 Å². The van der Waals surface area contributed by atoms with Crippen LogP contribution in [-0.2, 0) is 4.74 Å². The minimum Gasteiger partial charge on any atom is -0.394 e. The van der Waals surface area contributed by atoms with E-state index in [9.17, 15) is 24.9 Å². The van der Waals surface area contributed by atoms with Crippen LogP contribution in [0.25, 0.3) is 11.1 Å². The van der Waals surface area contributed by atoms with Crippen molar-refractivity contribution in [2.75, 3.05) is 6.61 Å². The number of aromatic nitrogens is 2. The maximum absolute atomic E-state index is 12.3. The molecule has 0 bridgehead atoms. The first-order valence-electron chi connectivity index (χ1n) is 7.89. The van der Waals surface area contributed by atoms with Gasteiger partial charge >= 0.3 is 5.69 Å². The lowest BCUT2D eigenvalue weighted by Crippen LogP contribution is -2.38. The van der Waals surface area contributed by atoms with Crippen molar-refractivity contribution in [3.05, 3.63) is 56.4 Å². The summed E-state index contributed by atoms with van der Waals surface area (Å²) in [6.45, 7) is 3.23. The molecule has 0 aliphatic carbocycles. The number of nitrogens with one attached hydrogen (secondary N) is 1. The van der Waals surface area contributed by atoms with Gasteiger partial charge in [-0.1, -0.05) is 23.8 Å². The molecule has 3 rings (SSSR count). The van der Waals surface area contributed by atoms with E-state index in [1.54, 1.807) is 0 Å². The number of hydrogen-bond donors (Lipinski definition) is 4. The minimum atomic E-state index is -1.41. The van der Waals surface area contributed by atoms with Crippen molar-refractivity contribution in [1.82, 2.24) is 9.55 Å². The summed E-state index contributed by atoms with van der Waals surface area (Å²) >= 11 is 0. The minimum absolute atomic E-state index is 0.249. The van der Waals surface area contributed by atoms with Crippen molar-refractivity contribution in [2.24, 2.45) is 0 Å². The molecule has 2 heterocycles. The topological polar surface area (TPSA) is 125 Å². The van der Waals surface area contributed by atoms with E-state index < -0.39 is 42.4 Å². The Balaban J connectivity index is 2.13. The van der Waals surface area contributed by atoms with Crippen molar-refractivity contribution in [1.29, 1.82) is 0 Å². The van der Waals surface area contributed by atoms with Crippen LogP contribution in [0.5, 0.6) is 0 Å². The molecule has 0 unspecified atom stereocenters. The first-order valence-corrected chi connectivity index (χ1v) is 7.89. The van der Waals surface area contributed by atoms with Gasteiger partial charge in [-0.05, 0) is 25.0 Å². The van der Waals surface area contributed by atoms with Gasteiger partial charge in [0.05, 0.1) is 12.2 Å². The van der Waals surface area contributed by atoms with E-state index in [-0.39, 0.29) is 5.56 Å². The first-order chi connectivity index (χ1) is 11.8. The van der Waals surface area contributed by atoms with Crippen molar-refractivity contribution in [2.45, 2.75) is 38.4 Å². The molecule has 1 aliphatic rings. The molecule has 8 heteroatoms. The Hall–Kier alpha value is -2.26. The fourth-order valence-electron chi connectivity index (χ4n) is 3.00. The predicted molar refractivity (Wildman–Crippen MR) is 89.2 cm³/mol. The van der Waals surface area contributed by atoms with Crippen LogP contribution in [0.15, 0.2) is 34.0 Å². The number of aliphatic hydroxyl groups is 3. The van der Waals surface area contributed by atoms with Crippen LogP contribution < -0.4 is 11.2 Å². The molecule has 0 amide bonds. The van der Waals surface area contributed by atoms with Crippen molar-refractivity contribution in [3.63, 3.8) is 0 Å². The third-order valence-corrected chi connectivity index (χ3v) is 4.44. The second-order valence-electron chi connectivity index (χ2n) is 6.26. The molecule has 0 radical (unpaired) electrons. The van der Waals surface area contributed by atoms with E-state index in [0.717, 1.165) is 15.7 Å². The highest BCUT2D eigenvalue weighted by Gasteiger charge is 2.43. The molecule has 1 aromatic carbocycles. The molecular formula is C17H20N2O6. The summed E-state index contributed by atoms with van der Waals surface area (Å²) in [7, 11) is 0. The van der Waals surface area contributed by atoms with E-state index in [1.807, 2.05) is 32.0 Å². The number of aliphatic hydroxyl groups excluding tert-OH is 3. The number of rotatable bonds is 3. The molecule has 1 fully saturated rings. The second-order valence-corrected chi connectivity index (χ2v) is 6.26. The van der Waals surface area contributed by atoms with Crippen LogP contribution in [0.1, 0.15) is 17.4 Å². The molecule has 1 aromatic heterocycles. The average Bonchev–Trinajstić information content (AvgIpc) is 2.85. The zero-order chi connectivity index (χ0) is 18.3. The van der Waals surface area contributed by atoms with Gasteiger partial charge in [0.15, 0.2) is 6.23 Å². The molecule has 2 aromatic rings. The first kappa shape index (κ1) is 17.6. The molecule has 4 atom stereocenters. The molecule has 25 heavy (non-hydrogen) atoms. The van der Waals surface area contributed by atoms with Crippen LogP contribution in [0.4, 0.5) is 0 Å². The molecule has 4 N–H and O–H groups in total. The molecular weight excluding hydrogens is 328 g/mol. The monoisotopic (exact) mass is 348 g/mol. The molecule has 0 spiro atoms. The lowest BCUT2D eigenvalue weighted by Gasteiger charge is -2.18. The number of ether oxygens (including phenoxy) is 1. The highest BCUT2D eigenvalue weighted by Crippen LogP contribution is 2.29. The number of benzene rings is 1. The van der Waals surface area contributed by atoms with E-state index in [4.69, 9.17) is 4.74 Å².